The van der Waals surface area contributed by atoms with Gasteiger partial charge in [0.15, 0.2) is 0 Å². The van der Waals surface area contributed by atoms with Crippen molar-refractivity contribution < 1.29 is 18.7 Å². The molecule has 1 amide bonds. The van der Waals surface area contributed by atoms with E-state index in [1.54, 1.807) is 43.3 Å². The molecule has 0 spiro atoms. The van der Waals surface area contributed by atoms with Gasteiger partial charge in [-0.3, -0.25) is 14.6 Å². The third kappa shape index (κ3) is 6.26. The lowest BCUT2D eigenvalue weighted by Gasteiger charge is -2.34. The van der Waals surface area contributed by atoms with Gasteiger partial charge >= 0.3 is 5.97 Å². The second-order valence-electron chi connectivity index (χ2n) is 7.15. The Bertz CT molecular complexity index is 884. The average Bonchev–Trinajstić information content (AvgIpc) is 2.73. The third-order valence-electron chi connectivity index (χ3n) is 4.90. The van der Waals surface area contributed by atoms with Gasteiger partial charge in [-0.25, -0.2) is 9.18 Å². The van der Waals surface area contributed by atoms with Crippen molar-refractivity contribution in [1.29, 1.82) is 0 Å². The van der Waals surface area contributed by atoms with E-state index < -0.39 is 5.82 Å². The van der Waals surface area contributed by atoms with Crippen molar-refractivity contribution in [2.24, 2.45) is 0 Å². The zero-order valence-electron chi connectivity index (χ0n) is 16.9. The van der Waals surface area contributed by atoms with E-state index in [1.807, 2.05) is 0 Å². The molecule has 160 valence electrons. The standard InChI is InChI=1S/C22H25ClFN3O3/c1-2-30-22(29)17-4-6-18(7-5-17)25-21(28)15-27-11-9-26(10-12-27)14-16-3-8-20(24)19(23)13-16/h3-8,13H,2,9-12,14-15H2,1H3,(H,25,28). The molecule has 1 aliphatic rings. The number of ether oxygens (including phenoxy) is 1. The summed E-state index contributed by atoms with van der Waals surface area (Å²) in [5, 5.41) is 2.99. The van der Waals surface area contributed by atoms with Crippen LogP contribution in [0.2, 0.25) is 5.02 Å². The maximum atomic E-state index is 13.3. The molecule has 0 aromatic heterocycles. The van der Waals surface area contributed by atoms with Gasteiger partial charge in [-0.1, -0.05) is 17.7 Å². The number of halogens is 2. The third-order valence-corrected chi connectivity index (χ3v) is 5.19. The molecule has 0 bridgehead atoms. The molecular formula is C22H25ClFN3O3. The quantitative estimate of drug-likeness (QED) is 0.678. The van der Waals surface area contributed by atoms with Gasteiger partial charge in [0, 0.05) is 38.4 Å². The Labute approximate surface area is 180 Å². The van der Waals surface area contributed by atoms with Crippen molar-refractivity contribution in [3.63, 3.8) is 0 Å². The number of hydrogen-bond donors (Lipinski definition) is 1. The highest BCUT2D eigenvalue weighted by atomic mass is 35.5. The first kappa shape index (κ1) is 22.2. The van der Waals surface area contributed by atoms with E-state index in [1.165, 1.54) is 6.07 Å². The first-order chi connectivity index (χ1) is 14.4. The first-order valence-corrected chi connectivity index (χ1v) is 10.3. The van der Waals surface area contributed by atoms with Crippen molar-refractivity contribution in [2.45, 2.75) is 13.5 Å². The number of nitrogens with zero attached hydrogens (tertiary/aromatic N) is 2. The fourth-order valence-corrected chi connectivity index (χ4v) is 3.51. The highest BCUT2D eigenvalue weighted by molar-refractivity contribution is 6.30. The lowest BCUT2D eigenvalue weighted by atomic mass is 10.2. The summed E-state index contributed by atoms with van der Waals surface area (Å²) in [6.45, 7) is 6.25. The Morgan fingerprint density at radius 1 is 1.07 bits per heavy atom. The van der Waals surface area contributed by atoms with Gasteiger partial charge < -0.3 is 10.1 Å². The van der Waals surface area contributed by atoms with Gasteiger partial charge in [-0.05, 0) is 48.9 Å². The number of rotatable bonds is 7. The molecule has 0 saturated carbocycles. The summed E-state index contributed by atoms with van der Waals surface area (Å²) in [6, 6.07) is 11.4. The van der Waals surface area contributed by atoms with Crippen molar-refractivity contribution in [2.75, 3.05) is 44.6 Å². The molecular weight excluding hydrogens is 409 g/mol. The molecule has 6 nitrogen and oxygen atoms in total. The van der Waals surface area contributed by atoms with Crippen molar-refractivity contribution in [3.8, 4) is 0 Å². The average molecular weight is 434 g/mol. The molecule has 2 aromatic rings. The number of amides is 1. The zero-order valence-corrected chi connectivity index (χ0v) is 17.6. The van der Waals surface area contributed by atoms with Crippen LogP contribution < -0.4 is 5.32 Å². The Morgan fingerprint density at radius 2 is 1.73 bits per heavy atom. The highest BCUT2D eigenvalue weighted by Gasteiger charge is 2.19. The van der Waals surface area contributed by atoms with Crippen LogP contribution in [0.5, 0.6) is 0 Å². The zero-order chi connectivity index (χ0) is 21.5. The summed E-state index contributed by atoms with van der Waals surface area (Å²) in [4.78, 5) is 28.4. The molecule has 1 fully saturated rings. The molecule has 0 atom stereocenters. The number of benzene rings is 2. The predicted molar refractivity (Wildman–Crippen MR) is 114 cm³/mol. The largest absolute Gasteiger partial charge is 0.462 e. The molecule has 1 N–H and O–H groups in total. The maximum absolute atomic E-state index is 13.3. The van der Waals surface area contributed by atoms with E-state index in [9.17, 15) is 14.0 Å². The second kappa shape index (κ2) is 10.5. The summed E-state index contributed by atoms with van der Waals surface area (Å²) in [6.07, 6.45) is 0. The lowest BCUT2D eigenvalue weighted by Crippen LogP contribution is -2.48. The molecule has 2 aromatic carbocycles. The summed E-state index contributed by atoms with van der Waals surface area (Å²) < 4.78 is 18.2. The number of piperazine rings is 1. The lowest BCUT2D eigenvalue weighted by molar-refractivity contribution is -0.117. The van der Waals surface area contributed by atoms with E-state index in [0.29, 0.717) is 30.9 Å². The number of hydrogen-bond acceptors (Lipinski definition) is 5. The van der Waals surface area contributed by atoms with E-state index in [2.05, 4.69) is 15.1 Å². The first-order valence-electron chi connectivity index (χ1n) is 9.90. The SMILES string of the molecule is CCOC(=O)c1ccc(NC(=O)CN2CCN(Cc3ccc(F)c(Cl)c3)CC2)cc1. The number of carbonyl (C=O) groups excluding carboxylic acids is 2. The van der Waals surface area contributed by atoms with Crippen LogP contribution in [0.1, 0.15) is 22.8 Å². The van der Waals surface area contributed by atoms with E-state index in [4.69, 9.17) is 16.3 Å². The van der Waals surface area contributed by atoms with Crippen LogP contribution in [-0.2, 0) is 16.1 Å². The Morgan fingerprint density at radius 3 is 2.37 bits per heavy atom. The van der Waals surface area contributed by atoms with Crippen LogP contribution in [0.4, 0.5) is 10.1 Å². The van der Waals surface area contributed by atoms with E-state index in [0.717, 1.165) is 31.7 Å². The molecule has 0 unspecified atom stereocenters. The fourth-order valence-electron chi connectivity index (χ4n) is 3.31. The Kier molecular flexibility index (Phi) is 7.79. The summed E-state index contributed by atoms with van der Waals surface area (Å²) in [5.74, 6) is -0.888. The number of esters is 1. The van der Waals surface area contributed by atoms with Crippen LogP contribution in [0, 0.1) is 5.82 Å². The van der Waals surface area contributed by atoms with Crippen molar-refractivity contribution in [1.82, 2.24) is 9.80 Å². The van der Waals surface area contributed by atoms with Crippen LogP contribution in [0.15, 0.2) is 42.5 Å². The van der Waals surface area contributed by atoms with Crippen LogP contribution in [0.3, 0.4) is 0 Å². The molecule has 1 saturated heterocycles. The number of carbonyl (C=O) groups is 2. The van der Waals surface area contributed by atoms with Crippen molar-refractivity contribution >= 4 is 29.2 Å². The van der Waals surface area contributed by atoms with Crippen LogP contribution in [-0.4, -0.2) is 61.0 Å². The second-order valence-corrected chi connectivity index (χ2v) is 7.55. The van der Waals surface area contributed by atoms with Crippen LogP contribution in [0.25, 0.3) is 0 Å². The Hall–Kier alpha value is -2.48. The van der Waals surface area contributed by atoms with Gasteiger partial charge in [0.25, 0.3) is 0 Å². The normalized spacial score (nSPS) is 15.0. The van der Waals surface area contributed by atoms with Crippen LogP contribution >= 0.6 is 11.6 Å². The maximum Gasteiger partial charge on any atom is 0.338 e. The van der Waals surface area contributed by atoms with Crippen molar-refractivity contribution in [3.05, 3.63) is 64.4 Å². The van der Waals surface area contributed by atoms with Gasteiger partial charge in [-0.2, -0.15) is 0 Å². The number of nitrogens with one attached hydrogen (secondary N) is 1. The van der Waals surface area contributed by atoms with Gasteiger partial charge in [-0.15, -0.1) is 0 Å². The minimum absolute atomic E-state index is 0.0994. The molecule has 1 aliphatic heterocycles. The minimum atomic E-state index is -0.410. The smallest absolute Gasteiger partial charge is 0.338 e. The fraction of sp³-hybridized carbons (Fsp3) is 0.364. The van der Waals surface area contributed by atoms with E-state index in [-0.39, 0.29) is 16.9 Å². The summed E-state index contributed by atoms with van der Waals surface area (Å²) >= 11 is 5.85. The van der Waals surface area contributed by atoms with Gasteiger partial charge in [0.1, 0.15) is 5.82 Å². The Balaban J connectivity index is 1.42. The van der Waals surface area contributed by atoms with Gasteiger partial charge in [0.05, 0.1) is 23.7 Å². The number of anilines is 1. The molecule has 8 heteroatoms. The summed E-state index contributed by atoms with van der Waals surface area (Å²) in [7, 11) is 0. The monoisotopic (exact) mass is 433 g/mol. The van der Waals surface area contributed by atoms with E-state index >= 15 is 0 Å². The molecule has 0 radical (unpaired) electrons. The predicted octanol–water partition coefficient (Wildman–Crippen LogP) is 3.41. The summed E-state index contributed by atoms with van der Waals surface area (Å²) in [5.41, 5.74) is 2.06. The topological polar surface area (TPSA) is 61.9 Å². The molecule has 30 heavy (non-hydrogen) atoms. The molecule has 1 heterocycles. The van der Waals surface area contributed by atoms with Gasteiger partial charge in [0.2, 0.25) is 5.91 Å². The molecule has 3 rings (SSSR count). The highest BCUT2D eigenvalue weighted by Crippen LogP contribution is 2.18. The minimum Gasteiger partial charge on any atom is -0.462 e. The molecule has 0 aliphatic carbocycles.